The summed E-state index contributed by atoms with van der Waals surface area (Å²) in [6.45, 7) is 4.18. The maximum atomic E-state index is 13.4. The van der Waals surface area contributed by atoms with Gasteiger partial charge in [-0.25, -0.2) is 9.37 Å². The molecule has 0 saturated carbocycles. The van der Waals surface area contributed by atoms with Crippen LogP contribution >= 0.6 is 0 Å². The number of H-pyrrole nitrogens is 1. The second-order valence-corrected chi connectivity index (χ2v) is 7.31. The number of hydrogen-bond acceptors (Lipinski definition) is 4. The standard InChI is InChI=1S/C21H22FN3O2/c22-16-2-3-17-18(12-16)24-21(23-17)15-5-7-25(8-6-15)13-14-1-4-19-20(11-14)27-10-9-26-19/h1-4,11-12,15H,5-10,13H2,(H,23,24). The van der Waals surface area contributed by atoms with E-state index in [1.807, 2.05) is 6.07 Å². The van der Waals surface area contributed by atoms with E-state index in [1.165, 1.54) is 17.7 Å². The predicted octanol–water partition coefficient (Wildman–Crippen LogP) is 3.85. The molecule has 140 valence electrons. The number of imidazole rings is 1. The third-order valence-corrected chi connectivity index (χ3v) is 5.45. The average molecular weight is 367 g/mol. The van der Waals surface area contributed by atoms with Crippen LogP contribution in [0.1, 0.15) is 30.1 Å². The van der Waals surface area contributed by atoms with Crippen molar-refractivity contribution in [1.82, 2.24) is 14.9 Å². The van der Waals surface area contributed by atoms with Crippen molar-refractivity contribution in [2.45, 2.75) is 25.3 Å². The summed E-state index contributed by atoms with van der Waals surface area (Å²) in [6, 6.07) is 10.9. The zero-order valence-electron chi connectivity index (χ0n) is 15.1. The van der Waals surface area contributed by atoms with Crippen molar-refractivity contribution in [2.24, 2.45) is 0 Å². The number of nitrogens with zero attached hydrogens (tertiary/aromatic N) is 2. The Hall–Kier alpha value is -2.60. The fourth-order valence-electron chi connectivity index (χ4n) is 4.00. The van der Waals surface area contributed by atoms with E-state index in [4.69, 9.17) is 9.47 Å². The van der Waals surface area contributed by atoms with Crippen LogP contribution in [-0.4, -0.2) is 41.2 Å². The monoisotopic (exact) mass is 367 g/mol. The molecule has 2 aliphatic heterocycles. The summed E-state index contributed by atoms with van der Waals surface area (Å²) in [4.78, 5) is 10.4. The van der Waals surface area contributed by atoms with Crippen molar-refractivity contribution < 1.29 is 13.9 Å². The number of ether oxygens (including phenoxy) is 2. The van der Waals surface area contributed by atoms with Gasteiger partial charge < -0.3 is 14.5 Å². The third-order valence-electron chi connectivity index (χ3n) is 5.45. The minimum atomic E-state index is -0.230. The first kappa shape index (κ1) is 16.6. The second-order valence-electron chi connectivity index (χ2n) is 7.31. The minimum absolute atomic E-state index is 0.230. The number of benzene rings is 2. The van der Waals surface area contributed by atoms with E-state index in [9.17, 15) is 4.39 Å². The molecule has 3 heterocycles. The van der Waals surface area contributed by atoms with E-state index < -0.39 is 0 Å². The molecule has 1 fully saturated rings. The van der Waals surface area contributed by atoms with Crippen LogP contribution in [-0.2, 0) is 6.54 Å². The van der Waals surface area contributed by atoms with Gasteiger partial charge in [0.25, 0.3) is 0 Å². The Kier molecular flexibility index (Phi) is 4.20. The van der Waals surface area contributed by atoms with Crippen LogP contribution in [0.4, 0.5) is 4.39 Å². The molecular formula is C21H22FN3O2. The summed E-state index contributed by atoms with van der Waals surface area (Å²) in [7, 11) is 0. The molecule has 0 bridgehead atoms. The largest absolute Gasteiger partial charge is 0.486 e. The van der Waals surface area contributed by atoms with E-state index in [1.54, 1.807) is 6.07 Å². The number of hydrogen-bond donors (Lipinski definition) is 1. The minimum Gasteiger partial charge on any atom is -0.486 e. The zero-order valence-corrected chi connectivity index (χ0v) is 15.1. The summed E-state index contributed by atoms with van der Waals surface area (Å²) < 4.78 is 24.7. The molecule has 0 radical (unpaired) electrons. The molecule has 0 unspecified atom stereocenters. The summed E-state index contributed by atoms with van der Waals surface area (Å²) in [5, 5.41) is 0. The lowest BCUT2D eigenvalue weighted by Gasteiger charge is -2.31. The van der Waals surface area contributed by atoms with E-state index in [0.29, 0.717) is 19.1 Å². The first-order valence-electron chi connectivity index (χ1n) is 9.51. The van der Waals surface area contributed by atoms with Crippen molar-refractivity contribution in [1.29, 1.82) is 0 Å². The SMILES string of the molecule is Fc1ccc2nc(C3CCN(Cc4ccc5c(c4)OCCO5)CC3)[nH]c2c1. The molecule has 5 rings (SSSR count). The number of fused-ring (bicyclic) bond motifs is 2. The molecule has 2 aliphatic rings. The Balaban J connectivity index is 1.23. The van der Waals surface area contributed by atoms with Gasteiger partial charge in [0, 0.05) is 12.5 Å². The van der Waals surface area contributed by atoms with Gasteiger partial charge in [-0.1, -0.05) is 6.07 Å². The van der Waals surface area contributed by atoms with Gasteiger partial charge in [0.05, 0.1) is 11.0 Å². The molecule has 5 nitrogen and oxygen atoms in total. The lowest BCUT2D eigenvalue weighted by atomic mass is 9.96. The topological polar surface area (TPSA) is 50.4 Å². The van der Waals surface area contributed by atoms with Gasteiger partial charge in [-0.3, -0.25) is 4.90 Å². The summed E-state index contributed by atoms with van der Waals surface area (Å²) in [5.74, 6) is 2.84. The van der Waals surface area contributed by atoms with Crippen LogP contribution in [0.25, 0.3) is 11.0 Å². The first-order valence-corrected chi connectivity index (χ1v) is 9.51. The Labute approximate surface area is 157 Å². The molecule has 0 aliphatic carbocycles. The van der Waals surface area contributed by atoms with Crippen LogP contribution in [0.2, 0.25) is 0 Å². The van der Waals surface area contributed by atoms with Crippen LogP contribution in [0, 0.1) is 5.82 Å². The quantitative estimate of drug-likeness (QED) is 0.764. The smallest absolute Gasteiger partial charge is 0.161 e. The van der Waals surface area contributed by atoms with E-state index in [0.717, 1.165) is 60.8 Å². The van der Waals surface area contributed by atoms with Crippen LogP contribution in [0.5, 0.6) is 11.5 Å². The lowest BCUT2D eigenvalue weighted by Crippen LogP contribution is -2.32. The summed E-state index contributed by atoms with van der Waals surface area (Å²) >= 11 is 0. The Morgan fingerprint density at radius 3 is 2.70 bits per heavy atom. The molecule has 6 heteroatoms. The highest BCUT2D eigenvalue weighted by Gasteiger charge is 2.23. The molecule has 3 aromatic rings. The number of aromatic amines is 1. The third kappa shape index (κ3) is 3.37. The maximum Gasteiger partial charge on any atom is 0.161 e. The predicted molar refractivity (Wildman–Crippen MR) is 101 cm³/mol. The number of aromatic nitrogens is 2. The molecule has 1 N–H and O–H groups in total. The molecule has 2 aromatic carbocycles. The van der Waals surface area contributed by atoms with Gasteiger partial charge in [-0.2, -0.15) is 0 Å². The Morgan fingerprint density at radius 2 is 1.85 bits per heavy atom. The van der Waals surface area contributed by atoms with Gasteiger partial charge in [-0.05, 0) is 61.8 Å². The van der Waals surface area contributed by atoms with Gasteiger partial charge in [-0.15, -0.1) is 0 Å². The van der Waals surface area contributed by atoms with Gasteiger partial charge >= 0.3 is 0 Å². The van der Waals surface area contributed by atoms with Gasteiger partial charge in [0.1, 0.15) is 24.9 Å². The molecule has 0 amide bonds. The van der Waals surface area contributed by atoms with E-state index in [-0.39, 0.29) is 5.82 Å². The molecular weight excluding hydrogens is 345 g/mol. The first-order chi connectivity index (χ1) is 13.2. The molecule has 0 atom stereocenters. The lowest BCUT2D eigenvalue weighted by molar-refractivity contribution is 0.170. The second kappa shape index (κ2) is 6.85. The molecule has 1 aromatic heterocycles. The van der Waals surface area contributed by atoms with Gasteiger partial charge in [0.15, 0.2) is 11.5 Å². The fraction of sp³-hybridized carbons (Fsp3) is 0.381. The highest BCUT2D eigenvalue weighted by molar-refractivity contribution is 5.75. The normalized spacial score (nSPS) is 18.1. The number of piperidine rings is 1. The van der Waals surface area contributed by atoms with Crippen molar-refractivity contribution in [3.63, 3.8) is 0 Å². The highest BCUT2D eigenvalue weighted by Crippen LogP contribution is 2.32. The number of nitrogens with one attached hydrogen (secondary N) is 1. The van der Waals surface area contributed by atoms with E-state index in [2.05, 4.69) is 27.0 Å². The van der Waals surface area contributed by atoms with Gasteiger partial charge in [0.2, 0.25) is 0 Å². The Morgan fingerprint density at radius 1 is 1.04 bits per heavy atom. The summed E-state index contributed by atoms with van der Waals surface area (Å²) in [6.07, 6.45) is 2.10. The van der Waals surface area contributed by atoms with Crippen molar-refractivity contribution in [2.75, 3.05) is 26.3 Å². The highest BCUT2D eigenvalue weighted by atomic mass is 19.1. The summed E-state index contributed by atoms with van der Waals surface area (Å²) in [5.41, 5.74) is 2.87. The van der Waals surface area contributed by atoms with Crippen LogP contribution in [0.3, 0.4) is 0 Å². The maximum absolute atomic E-state index is 13.4. The van der Waals surface area contributed by atoms with Crippen molar-refractivity contribution in [3.8, 4) is 11.5 Å². The van der Waals surface area contributed by atoms with Crippen molar-refractivity contribution in [3.05, 3.63) is 53.6 Å². The van der Waals surface area contributed by atoms with Crippen LogP contribution in [0.15, 0.2) is 36.4 Å². The Bertz CT molecular complexity index is 963. The zero-order chi connectivity index (χ0) is 18.2. The molecule has 0 spiro atoms. The molecule has 27 heavy (non-hydrogen) atoms. The number of rotatable bonds is 3. The van der Waals surface area contributed by atoms with Crippen molar-refractivity contribution >= 4 is 11.0 Å². The fourth-order valence-corrected chi connectivity index (χ4v) is 4.00. The van der Waals surface area contributed by atoms with Crippen LogP contribution < -0.4 is 9.47 Å². The average Bonchev–Trinajstić information content (AvgIpc) is 3.11. The number of halogens is 1. The van der Waals surface area contributed by atoms with E-state index >= 15 is 0 Å². The molecule has 1 saturated heterocycles. The number of likely N-dealkylation sites (tertiary alicyclic amines) is 1.